The highest BCUT2D eigenvalue weighted by molar-refractivity contribution is 5.88. The van der Waals surface area contributed by atoms with Crippen molar-refractivity contribution in [2.24, 2.45) is 5.73 Å². The summed E-state index contributed by atoms with van der Waals surface area (Å²) < 4.78 is 0. The number of para-hydroxylation sites is 1. The third-order valence-electron chi connectivity index (χ3n) is 2.56. The number of aliphatic carboxylic acids is 1. The lowest BCUT2D eigenvalue weighted by Crippen LogP contribution is -2.42. The zero-order chi connectivity index (χ0) is 16.0. The first-order valence-corrected chi connectivity index (χ1v) is 5.81. The summed E-state index contributed by atoms with van der Waals surface area (Å²) >= 11 is 0. The van der Waals surface area contributed by atoms with Crippen LogP contribution in [0.4, 0.5) is 5.69 Å². The fraction of sp³-hybridized carbons (Fsp3) is 0.250. The third-order valence-corrected chi connectivity index (χ3v) is 2.56. The van der Waals surface area contributed by atoms with Crippen molar-refractivity contribution in [1.29, 1.82) is 0 Å². The zero-order valence-electron chi connectivity index (χ0n) is 10.9. The van der Waals surface area contributed by atoms with Gasteiger partial charge in [0.25, 0.3) is 5.69 Å². The molecule has 1 rings (SSSR count). The van der Waals surface area contributed by atoms with Crippen molar-refractivity contribution in [3.63, 3.8) is 0 Å². The van der Waals surface area contributed by atoms with Crippen LogP contribution in [0.5, 0.6) is 0 Å². The van der Waals surface area contributed by atoms with Crippen molar-refractivity contribution in [3.05, 3.63) is 39.9 Å². The number of carbonyl (C=O) groups excluding carboxylic acids is 2. The minimum absolute atomic E-state index is 0.132. The monoisotopic (exact) mass is 295 g/mol. The highest BCUT2D eigenvalue weighted by atomic mass is 16.6. The number of benzene rings is 1. The Morgan fingerprint density at radius 3 is 2.38 bits per heavy atom. The van der Waals surface area contributed by atoms with E-state index >= 15 is 0 Å². The van der Waals surface area contributed by atoms with Crippen LogP contribution < -0.4 is 5.73 Å². The molecule has 0 aromatic heterocycles. The van der Waals surface area contributed by atoms with Crippen LogP contribution in [0.1, 0.15) is 5.56 Å². The number of rotatable bonds is 7. The molecule has 2 amide bonds. The predicted molar refractivity (Wildman–Crippen MR) is 70.2 cm³/mol. The second-order valence-electron chi connectivity index (χ2n) is 4.17. The topological polar surface area (TPSA) is 144 Å². The van der Waals surface area contributed by atoms with Crippen LogP contribution in [0.15, 0.2) is 24.3 Å². The average Bonchev–Trinajstić information content (AvgIpc) is 2.37. The van der Waals surface area contributed by atoms with Gasteiger partial charge in [-0.2, -0.15) is 0 Å². The standard InChI is InChI=1S/C12H13N3O6/c13-10(16)6-14(7-12(18)19)11(17)5-8-3-1-2-4-9(8)15(20)21/h1-4H,5-7H2,(H2,13,16)(H,18,19). The van der Waals surface area contributed by atoms with E-state index in [1.165, 1.54) is 24.3 Å². The largest absolute Gasteiger partial charge is 0.480 e. The number of nitro groups is 1. The molecule has 112 valence electrons. The van der Waals surface area contributed by atoms with E-state index in [9.17, 15) is 24.5 Å². The Hall–Kier alpha value is -2.97. The van der Waals surface area contributed by atoms with Gasteiger partial charge < -0.3 is 15.7 Å². The van der Waals surface area contributed by atoms with Crippen molar-refractivity contribution < 1.29 is 24.4 Å². The average molecular weight is 295 g/mol. The number of carboxylic acids is 1. The number of hydrogen-bond donors (Lipinski definition) is 2. The van der Waals surface area contributed by atoms with E-state index in [2.05, 4.69) is 0 Å². The maximum atomic E-state index is 12.0. The number of nitro benzene ring substituents is 1. The van der Waals surface area contributed by atoms with Crippen molar-refractivity contribution in [3.8, 4) is 0 Å². The number of primary amides is 1. The maximum Gasteiger partial charge on any atom is 0.323 e. The van der Waals surface area contributed by atoms with Crippen LogP contribution >= 0.6 is 0 Å². The van der Waals surface area contributed by atoms with E-state index in [1.54, 1.807) is 0 Å². The molecule has 0 aliphatic rings. The molecule has 3 N–H and O–H groups in total. The molecule has 0 fully saturated rings. The van der Waals surface area contributed by atoms with Gasteiger partial charge in [-0.25, -0.2) is 0 Å². The first-order valence-electron chi connectivity index (χ1n) is 5.81. The number of hydrogen-bond acceptors (Lipinski definition) is 5. The number of carboxylic acid groups (broad SMARTS) is 1. The Bertz CT molecular complexity index is 570. The van der Waals surface area contributed by atoms with Gasteiger partial charge in [-0.15, -0.1) is 0 Å². The number of nitrogens with zero attached hydrogens (tertiary/aromatic N) is 2. The van der Waals surface area contributed by atoms with E-state index in [4.69, 9.17) is 10.8 Å². The Balaban J connectivity index is 2.93. The first kappa shape index (κ1) is 16.1. The lowest BCUT2D eigenvalue weighted by atomic mass is 10.1. The molecule has 0 saturated heterocycles. The molecule has 21 heavy (non-hydrogen) atoms. The summed E-state index contributed by atoms with van der Waals surface area (Å²) in [5.74, 6) is -2.91. The van der Waals surface area contributed by atoms with Crippen LogP contribution in [0, 0.1) is 10.1 Å². The molecule has 0 heterocycles. The summed E-state index contributed by atoms with van der Waals surface area (Å²) in [5, 5.41) is 19.5. The number of carbonyl (C=O) groups is 3. The summed E-state index contributed by atoms with van der Waals surface area (Å²) in [5.41, 5.74) is 4.83. The van der Waals surface area contributed by atoms with E-state index in [-0.39, 0.29) is 11.3 Å². The third kappa shape index (κ3) is 4.90. The fourth-order valence-corrected chi connectivity index (χ4v) is 1.70. The molecule has 9 nitrogen and oxygen atoms in total. The molecule has 0 aliphatic carbocycles. The molecule has 1 aromatic rings. The van der Waals surface area contributed by atoms with Gasteiger partial charge in [-0.3, -0.25) is 24.5 Å². The summed E-state index contributed by atoms with van der Waals surface area (Å²) in [6.07, 6.45) is -0.391. The van der Waals surface area contributed by atoms with Crippen LogP contribution in [-0.4, -0.2) is 45.8 Å². The number of amides is 2. The van der Waals surface area contributed by atoms with Gasteiger partial charge in [0.15, 0.2) is 0 Å². The van der Waals surface area contributed by atoms with Gasteiger partial charge in [-0.1, -0.05) is 18.2 Å². The van der Waals surface area contributed by atoms with E-state index in [1.807, 2.05) is 0 Å². The molecule has 9 heteroatoms. The molecule has 0 atom stereocenters. The molecular formula is C12H13N3O6. The lowest BCUT2D eigenvalue weighted by molar-refractivity contribution is -0.385. The number of nitrogens with two attached hydrogens (primary N) is 1. The van der Waals surface area contributed by atoms with Gasteiger partial charge >= 0.3 is 5.97 Å². The van der Waals surface area contributed by atoms with Gasteiger partial charge in [-0.05, 0) is 0 Å². The molecule has 0 radical (unpaired) electrons. The molecule has 0 saturated carbocycles. The molecule has 0 unspecified atom stereocenters. The Kier molecular flexibility index (Phi) is 5.35. The summed E-state index contributed by atoms with van der Waals surface area (Å²) in [4.78, 5) is 44.4. The van der Waals surface area contributed by atoms with Crippen LogP contribution in [0.3, 0.4) is 0 Å². The smallest absolute Gasteiger partial charge is 0.323 e. The molecule has 0 spiro atoms. The molecule has 0 bridgehead atoms. The quantitative estimate of drug-likeness (QED) is 0.514. The normalized spacial score (nSPS) is 9.90. The second-order valence-corrected chi connectivity index (χ2v) is 4.17. The van der Waals surface area contributed by atoms with Crippen LogP contribution in [0.2, 0.25) is 0 Å². The van der Waals surface area contributed by atoms with E-state index in [0.29, 0.717) is 0 Å². The SMILES string of the molecule is NC(=O)CN(CC(=O)O)C(=O)Cc1ccccc1[N+](=O)[O-]. The fourth-order valence-electron chi connectivity index (χ4n) is 1.70. The summed E-state index contributed by atoms with van der Waals surface area (Å²) in [6.45, 7) is -1.27. The summed E-state index contributed by atoms with van der Waals surface area (Å²) in [6, 6.07) is 5.59. The lowest BCUT2D eigenvalue weighted by Gasteiger charge is -2.18. The van der Waals surface area contributed by atoms with Crippen LogP contribution in [0.25, 0.3) is 0 Å². The van der Waals surface area contributed by atoms with Crippen molar-refractivity contribution in [1.82, 2.24) is 4.90 Å². The molecular weight excluding hydrogens is 282 g/mol. The van der Waals surface area contributed by atoms with Crippen LogP contribution in [-0.2, 0) is 20.8 Å². The minimum Gasteiger partial charge on any atom is -0.480 e. The first-order chi connectivity index (χ1) is 9.81. The van der Waals surface area contributed by atoms with Crippen molar-refractivity contribution in [2.75, 3.05) is 13.1 Å². The van der Waals surface area contributed by atoms with E-state index < -0.39 is 42.2 Å². The second kappa shape index (κ2) is 6.98. The zero-order valence-corrected chi connectivity index (χ0v) is 10.9. The highest BCUT2D eigenvalue weighted by Crippen LogP contribution is 2.18. The van der Waals surface area contributed by atoms with Crippen molar-refractivity contribution in [2.45, 2.75) is 6.42 Å². The van der Waals surface area contributed by atoms with Gasteiger partial charge in [0.1, 0.15) is 6.54 Å². The maximum absolute atomic E-state index is 12.0. The van der Waals surface area contributed by atoms with Gasteiger partial charge in [0, 0.05) is 11.6 Å². The minimum atomic E-state index is -1.31. The Labute approximate surface area is 119 Å². The van der Waals surface area contributed by atoms with E-state index in [0.717, 1.165) is 4.90 Å². The Morgan fingerprint density at radius 1 is 1.24 bits per heavy atom. The Morgan fingerprint density at radius 2 is 1.86 bits per heavy atom. The molecule has 0 aliphatic heterocycles. The predicted octanol–water partition coefficient (Wildman–Crippen LogP) is -0.464. The molecule has 1 aromatic carbocycles. The van der Waals surface area contributed by atoms with Gasteiger partial charge in [0.2, 0.25) is 11.8 Å². The highest BCUT2D eigenvalue weighted by Gasteiger charge is 2.22. The van der Waals surface area contributed by atoms with Gasteiger partial charge in [0.05, 0.1) is 17.9 Å². The van der Waals surface area contributed by atoms with Crippen molar-refractivity contribution >= 4 is 23.5 Å². The summed E-state index contributed by atoms with van der Waals surface area (Å²) in [7, 11) is 0.